The molecule has 1 aromatic heterocycles. The maximum absolute atomic E-state index is 9.68. The molecule has 4 rings (SSSR count). The van der Waals surface area contributed by atoms with E-state index in [1.807, 2.05) is 36.4 Å². The molecule has 0 saturated carbocycles. The summed E-state index contributed by atoms with van der Waals surface area (Å²) >= 11 is 1.55. The fourth-order valence-corrected chi connectivity index (χ4v) is 3.80. The standard InChI is InChI=1S/C18H17N3OS/c22-13-6-5-7-14(12-13)23-18-17(21-10-3-4-11-21)19-15-8-1-2-9-16(15)20-18/h1-2,5-9,12,22H,3-4,10-11H2. The minimum Gasteiger partial charge on any atom is -0.508 e. The van der Waals surface area contributed by atoms with Gasteiger partial charge in [-0.1, -0.05) is 30.0 Å². The second-order valence-corrected chi connectivity index (χ2v) is 6.70. The number of phenols is 1. The fraction of sp³-hybridized carbons (Fsp3) is 0.222. The molecule has 0 bridgehead atoms. The molecule has 1 fully saturated rings. The number of benzene rings is 2. The molecule has 0 spiro atoms. The second kappa shape index (κ2) is 6.08. The van der Waals surface area contributed by atoms with Gasteiger partial charge < -0.3 is 10.0 Å². The topological polar surface area (TPSA) is 49.3 Å². The van der Waals surface area contributed by atoms with Gasteiger partial charge in [0.25, 0.3) is 0 Å². The number of rotatable bonds is 3. The van der Waals surface area contributed by atoms with Gasteiger partial charge in [-0.15, -0.1) is 0 Å². The number of aromatic nitrogens is 2. The third-order valence-corrected chi connectivity index (χ3v) is 4.92. The summed E-state index contributed by atoms with van der Waals surface area (Å²) in [6, 6.07) is 15.2. The van der Waals surface area contributed by atoms with Gasteiger partial charge in [-0.25, -0.2) is 9.97 Å². The summed E-state index contributed by atoms with van der Waals surface area (Å²) < 4.78 is 0. The smallest absolute Gasteiger partial charge is 0.162 e. The minimum atomic E-state index is 0.270. The van der Waals surface area contributed by atoms with Crippen molar-refractivity contribution >= 4 is 28.6 Å². The fourth-order valence-electron chi connectivity index (χ4n) is 2.84. The first-order valence-electron chi connectivity index (χ1n) is 7.78. The van der Waals surface area contributed by atoms with E-state index in [-0.39, 0.29) is 5.75 Å². The van der Waals surface area contributed by atoms with Crippen LogP contribution in [-0.4, -0.2) is 28.2 Å². The summed E-state index contributed by atoms with van der Waals surface area (Å²) in [5, 5.41) is 10.6. The average Bonchev–Trinajstić information content (AvgIpc) is 3.08. The Hall–Kier alpha value is -2.27. The first kappa shape index (κ1) is 14.3. The molecule has 0 radical (unpaired) electrons. The molecule has 23 heavy (non-hydrogen) atoms. The van der Waals surface area contributed by atoms with Crippen molar-refractivity contribution in [3.8, 4) is 5.75 Å². The molecule has 5 heteroatoms. The molecule has 1 aliphatic heterocycles. The lowest BCUT2D eigenvalue weighted by Gasteiger charge is -2.19. The van der Waals surface area contributed by atoms with Crippen molar-refractivity contribution in [2.45, 2.75) is 22.8 Å². The lowest BCUT2D eigenvalue weighted by molar-refractivity contribution is 0.474. The SMILES string of the molecule is Oc1cccc(Sc2nc3ccccc3nc2N2CCCC2)c1. The van der Waals surface area contributed by atoms with Gasteiger partial charge in [0.15, 0.2) is 5.82 Å². The normalized spacial score (nSPS) is 14.5. The summed E-state index contributed by atoms with van der Waals surface area (Å²) in [6.45, 7) is 2.06. The zero-order chi connectivity index (χ0) is 15.6. The summed E-state index contributed by atoms with van der Waals surface area (Å²) in [5.41, 5.74) is 1.83. The van der Waals surface area contributed by atoms with Crippen LogP contribution in [-0.2, 0) is 0 Å². The maximum atomic E-state index is 9.68. The highest BCUT2D eigenvalue weighted by atomic mass is 32.2. The Kier molecular flexibility index (Phi) is 3.79. The van der Waals surface area contributed by atoms with Crippen molar-refractivity contribution in [3.05, 3.63) is 48.5 Å². The third kappa shape index (κ3) is 2.97. The van der Waals surface area contributed by atoms with Crippen LogP contribution in [0.4, 0.5) is 5.82 Å². The molecule has 2 heterocycles. The van der Waals surface area contributed by atoms with Crippen molar-refractivity contribution in [1.82, 2.24) is 9.97 Å². The van der Waals surface area contributed by atoms with Crippen LogP contribution in [0.15, 0.2) is 58.5 Å². The van der Waals surface area contributed by atoms with E-state index in [0.717, 1.165) is 39.9 Å². The van der Waals surface area contributed by atoms with Crippen molar-refractivity contribution in [3.63, 3.8) is 0 Å². The van der Waals surface area contributed by atoms with E-state index in [1.165, 1.54) is 12.8 Å². The van der Waals surface area contributed by atoms with Crippen LogP contribution in [0.3, 0.4) is 0 Å². The van der Waals surface area contributed by atoms with E-state index < -0.39 is 0 Å². The largest absolute Gasteiger partial charge is 0.508 e. The predicted octanol–water partition coefficient (Wildman–Crippen LogP) is 4.09. The monoisotopic (exact) mass is 323 g/mol. The van der Waals surface area contributed by atoms with Gasteiger partial charge in [-0.3, -0.25) is 0 Å². The number of nitrogens with zero attached hydrogens (tertiary/aromatic N) is 3. The zero-order valence-corrected chi connectivity index (χ0v) is 13.5. The van der Waals surface area contributed by atoms with Crippen LogP contribution < -0.4 is 4.90 Å². The maximum Gasteiger partial charge on any atom is 0.162 e. The van der Waals surface area contributed by atoms with Gasteiger partial charge in [0.1, 0.15) is 10.8 Å². The second-order valence-electron chi connectivity index (χ2n) is 5.63. The van der Waals surface area contributed by atoms with Crippen LogP contribution in [0, 0.1) is 0 Å². The molecule has 1 saturated heterocycles. The van der Waals surface area contributed by atoms with Gasteiger partial charge >= 0.3 is 0 Å². The van der Waals surface area contributed by atoms with Crippen LogP contribution >= 0.6 is 11.8 Å². The zero-order valence-electron chi connectivity index (χ0n) is 12.6. The minimum absolute atomic E-state index is 0.270. The van der Waals surface area contributed by atoms with E-state index in [4.69, 9.17) is 9.97 Å². The molecule has 116 valence electrons. The van der Waals surface area contributed by atoms with Crippen LogP contribution in [0.5, 0.6) is 5.75 Å². The molecule has 3 aromatic rings. The third-order valence-electron chi connectivity index (χ3n) is 3.96. The highest BCUT2D eigenvalue weighted by Gasteiger charge is 2.20. The molecular weight excluding hydrogens is 306 g/mol. The van der Waals surface area contributed by atoms with Crippen molar-refractivity contribution in [2.75, 3.05) is 18.0 Å². The number of para-hydroxylation sites is 2. The number of aromatic hydroxyl groups is 1. The summed E-state index contributed by atoms with van der Waals surface area (Å²) in [6.07, 6.45) is 2.40. The molecule has 2 aromatic carbocycles. The molecule has 0 amide bonds. The lowest BCUT2D eigenvalue weighted by Crippen LogP contribution is -2.20. The number of phenolic OH excluding ortho intramolecular Hbond substituents is 1. The number of fused-ring (bicyclic) bond motifs is 1. The van der Waals surface area contributed by atoms with Gasteiger partial charge in [0.2, 0.25) is 0 Å². The van der Waals surface area contributed by atoms with Crippen molar-refractivity contribution < 1.29 is 5.11 Å². The van der Waals surface area contributed by atoms with Crippen LogP contribution in [0.25, 0.3) is 11.0 Å². The van der Waals surface area contributed by atoms with E-state index in [0.29, 0.717) is 0 Å². The number of anilines is 1. The lowest BCUT2D eigenvalue weighted by atomic mass is 10.3. The van der Waals surface area contributed by atoms with Gasteiger partial charge in [-0.2, -0.15) is 0 Å². The molecule has 0 aliphatic carbocycles. The highest BCUT2D eigenvalue weighted by Crippen LogP contribution is 2.36. The Morgan fingerprint density at radius 1 is 0.913 bits per heavy atom. The first-order valence-corrected chi connectivity index (χ1v) is 8.60. The van der Waals surface area contributed by atoms with Crippen LogP contribution in [0.2, 0.25) is 0 Å². The Labute approximate surface area is 139 Å². The van der Waals surface area contributed by atoms with E-state index >= 15 is 0 Å². The van der Waals surface area contributed by atoms with Gasteiger partial charge in [-0.05, 0) is 43.2 Å². The summed E-state index contributed by atoms with van der Waals surface area (Å²) in [7, 11) is 0. The van der Waals surface area contributed by atoms with E-state index in [9.17, 15) is 5.11 Å². The number of hydrogen-bond acceptors (Lipinski definition) is 5. The quantitative estimate of drug-likeness (QED) is 0.787. The highest BCUT2D eigenvalue weighted by molar-refractivity contribution is 7.99. The average molecular weight is 323 g/mol. The Balaban J connectivity index is 1.80. The number of hydrogen-bond donors (Lipinski definition) is 1. The molecule has 1 aliphatic rings. The molecule has 1 N–H and O–H groups in total. The van der Waals surface area contributed by atoms with Crippen LogP contribution in [0.1, 0.15) is 12.8 Å². The Morgan fingerprint density at radius 2 is 1.65 bits per heavy atom. The first-order chi connectivity index (χ1) is 11.3. The van der Waals surface area contributed by atoms with Crippen molar-refractivity contribution in [1.29, 1.82) is 0 Å². The Morgan fingerprint density at radius 3 is 2.39 bits per heavy atom. The molecule has 0 unspecified atom stereocenters. The Bertz CT molecular complexity index is 847. The van der Waals surface area contributed by atoms with Gasteiger partial charge in [0.05, 0.1) is 11.0 Å². The molecular formula is C18H17N3OS. The van der Waals surface area contributed by atoms with Gasteiger partial charge in [0, 0.05) is 18.0 Å². The summed E-state index contributed by atoms with van der Waals surface area (Å²) in [5.74, 6) is 1.22. The van der Waals surface area contributed by atoms with Crippen molar-refractivity contribution in [2.24, 2.45) is 0 Å². The van der Waals surface area contributed by atoms with E-state index in [1.54, 1.807) is 23.9 Å². The van der Waals surface area contributed by atoms with E-state index in [2.05, 4.69) is 4.90 Å². The summed E-state index contributed by atoms with van der Waals surface area (Å²) in [4.78, 5) is 13.0. The molecule has 4 nitrogen and oxygen atoms in total. The molecule has 0 atom stereocenters. The predicted molar refractivity (Wildman–Crippen MR) is 93.2 cm³/mol.